The minimum absolute atomic E-state index is 0.0242. The van der Waals surface area contributed by atoms with E-state index in [1.165, 1.54) is 6.07 Å². The van der Waals surface area contributed by atoms with E-state index < -0.39 is 5.82 Å². The van der Waals surface area contributed by atoms with Crippen LogP contribution in [-0.4, -0.2) is 43.0 Å². The van der Waals surface area contributed by atoms with E-state index in [9.17, 15) is 9.18 Å². The maximum absolute atomic E-state index is 13.8. The van der Waals surface area contributed by atoms with Gasteiger partial charge in [-0.1, -0.05) is 17.7 Å². The molecule has 4 nitrogen and oxygen atoms in total. The number of hydrogen-bond acceptors (Lipinski definition) is 3. The highest BCUT2D eigenvalue weighted by molar-refractivity contribution is 6.30. The van der Waals surface area contributed by atoms with E-state index in [0.717, 1.165) is 18.5 Å². The van der Waals surface area contributed by atoms with E-state index >= 15 is 0 Å². The molecule has 1 aliphatic heterocycles. The number of nitrogens with zero attached hydrogens (tertiary/aromatic N) is 1. The van der Waals surface area contributed by atoms with Crippen LogP contribution in [0.15, 0.2) is 18.2 Å². The van der Waals surface area contributed by atoms with Crippen LogP contribution in [0.3, 0.4) is 0 Å². The molecule has 0 bridgehead atoms. The van der Waals surface area contributed by atoms with Crippen LogP contribution in [0.2, 0.25) is 5.02 Å². The van der Waals surface area contributed by atoms with Crippen molar-refractivity contribution >= 4 is 17.5 Å². The summed E-state index contributed by atoms with van der Waals surface area (Å²) in [6.45, 7) is 5.37. The number of nitrogens with one attached hydrogen (secondary N) is 2. The van der Waals surface area contributed by atoms with E-state index in [1.807, 2.05) is 6.07 Å². The number of likely N-dealkylation sites (N-methyl/N-ethyl adjacent to an activating group) is 1. The second kappa shape index (κ2) is 7.40. The van der Waals surface area contributed by atoms with Crippen LogP contribution in [0.1, 0.15) is 31.9 Å². The highest BCUT2D eigenvalue weighted by Crippen LogP contribution is 2.35. The molecule has 6 heteroatoms. The van der Waals surface area contributed by atoms with Gasteiger partial charge in [-0.2, -0.15) is 0 Å². The minimum atomic E-state index is -0.421. The molecule has 0 aromatic heterocycles. The molecule has 0 radical (unpaired) electrons. The van der Waals surface area contributed by atoms with Crippen LogP contribution in [0.4, 0.5) is 4.39 Å². The summed E-state index contributed by atoms with van der Waals surface area (Å²) < 4.78 is 13.8. The number of rotatable bonds is 5. The molecule has 1 aromatic rings. The summed E-state index contributed by atoms with van der Waals surface area (Å²) in [7, 11) is 1.74. The average Bonchev–Trinajstić information content (AvgIpc) is 2.86. The molecule has 1 amide bonds. The molecule has 1 saturated heterocycles. The van der Waals surface area contributed by atoms with Crippen molar-refractivity contribution in [2.45, 2.75) is 38.4 Å². The zero-order valence-electron chi connectivity index (χ0n) is 13.2. The standard InChI is InChI=1S/C16H23ClFN3O/c1-10(2)21-7-6-14(20-15(22)9-19-3)16(21)11-4-5-12(17)13(18)8-11/h4-5,8,10,14,16,19H,6-7,9H2,1-3H3,(H,20,22). The van der Waals surface area contributed by atoms with Crippen molar-refractivity contribution in [1.82, 2.24) is 15.5 Å². The number of halogens is 2. The summed E-state index contributed by atoms with van der Waals surface area (Å²) in [6.07, 6.45) is 0.850. The molecular weight excluding hydrogens is 305 g/mol. The SMILES string of the molecule is CNCC(=O)NC1CCN(C(C)C)C1c1ccc(Cl)c(F)c1. The monoisotopic (exact) mass is 327 g/mol. The Morgan fingerprint density at radius 3 is 2.82 bits per heavy atom. The van der Waals surface area contributed by atoms with Crippen molar-refractivity contribution in [3.63, 3.8) is 0 Å². The number of carbonyl (C=O) groups is 1. The fraction of sp³-hybridized carbons (Fsp3) is 0.562. The number of benzene rings is 1. The lowest BCUT2D eigenvalue weighted by atomic mass is 9.99. The van der Waals surface area contributed by atoms with Crippen molar-refractivity contribution in [1.29, 1.82) is 0 Å². The Bertz CT molecular complexity index is 538. The molecule has 0 spiro atoms. The number of hydrogen-bond donors (Lipinski definition) is 2. The summed E-state index contributed by atoms with van der Waals surface area (Å²) in [5.41, 5.74) is 0.850. The number of likely N-dealkylation sites (tertiary alicyclic amines) is 1. The van der Waals surface area contributed by atoms with Crippen LogP contribution in [-0.2, 0) is 4.79 Å². The molecule has 1 fully saturated rings. The van der Waals surface area contributed by atoms with Crippen molar-refractivity contribution in [2.75, 3.05) is 20.1 Å². The quantitative estimate of drug-likeness (QED) is 0.872. The van der Waals surface area contributed by atoms with Gasteiger partial charge in [-0.05, 0) is 45.0 Å². The van der Waals surface area contributed by atoms with Gasteiger partial charge in [-0.25, -0.2) is 4.39 Å². The molecule has 2 rings (SSSR count). The first-order valence-corrected chi connectivity index (χ1v) is 7.96. The molecular formula is C16H23ClFN3O. The average molecular weight is 328 g/mol. The Hall–Kier alpha value is -1.17. The third kappa shape index (κ3) is 3.77. The lowest BCUT2D eigenvalue weighted by Gasteiger charge is -2.32. The fourth-order valence-corrected chi connectivity index (χ4v) is 3.20. The summed E-state index contributed by atoms with van der Waals surface area (Å²) >= 11 is 5.78. The molecule has 0 saturated carbocycles. The molecule has 22 heavy (non-hydrogen) atoms. The van der Waals surface area contributed by atoms with E-state index in [1.54, 1.807) is 13.1 Å². The molecule has 122 valence electrons. The second-order valence-corrected chi connectivity index (χ2v) is 6.35. The third-order valence-electron chi connectivity index (χ3n) is 4.07. The van der Waals surface area contributed by atoms with E-state index in [-0.39, 0.29) is 29.6 Å². The van der Waals surface area contributed by atoms with Crippen molar-refractivity contribution in [2.24, 2.45) is 0 Å². The van der Waals surface area contributed by atoms with Crippen LogP contribution >= 0.6 is 11.6 Å². The van der Waals surface area contributed by atoms with Crippen LogP contribution in [0.5, 0.6) is 0 Å². The predicted molar refractivity (Wildman–Crippen MR) is 86.5 cm³/mol. The van der Waals surface area contributed by atoms with Crippen LogP contribution in [0, 0.1) is 5.82 Å². The van der Waals surface area contributed by atoms with Gasteiger partial charge in [0.25, 0.3) is 0 Å². The lowest BCUT2D eigenvalue weighted by molar-refractivity contribution is -0.121. The van der Waals surface area contributed by atoms with Crippen LogP contribution in [0.25, 0.3) is 0 Å². The molecule has 2 N–H and O–H groups in total. The third-order valence-corrected chi connectivity index (χ3v) is 4.38. The normalized spacial score (nSPS) is 22.3. The Kier molecular flexibility index (Phi) is 5.78. The van der Waals surface area contributed by atoms with E-state index in [0.29, 0.717) is 6.04 Å². The summed E-state index contributed by atoms with van der Waals surface area (Å²) in [5, 5.41) is 6.01. The largest absolute Gasteiger partial charge is 0.350 e. The van der Waals surface area contributed by atoms with Gasteiger partial charge in [0.2, 0.25) is 5.91 Å². The number of carbonyl (C=O) groups excluding carboxylic acids is 1. The van der Waals surface area contributed by atoms with Gasteiger partial charge in [0.05, 0.1) is 17.6 Å². The Balaban J connectivity index is 2.26. The van der Waals surface area contributed by atoms with Crippen LogP contribution < -0.4 is 10.6 Å². The molecule has 1 aromatic carbocycles. The van der Waals surface area contributed by atoms with Gasteiger partial charge >= 0.3 is 0 Å². The smallest absolute Gasteiger partial charge is 0.234 e. The highest BCUT2D eigenvalue weighted by atomic mass is 35.5. The maximum atomic E-state index is 13.8. The summed E-state index contributed by atoms with van der Waals surface area (Å²) in [4.78, 5) is 14.2. The molecule has 1 heterocycles. The topological polar surface area (TPSA) is 44.4 Å². The minimum Gasteiger partial charge on any atom is -0.350 e. The summed E-state index contributed by atoms with van der Waals surface area (Å²) in [5.74, 6) is -0.465. The van der Waals surface area contributed by atoms with Crippen molar-refractivity contribution in [3.05, 3.63) is 34.6 Å². The van der Waals surface area contributed by atoms with Gasteiger partial charge < -0.3 is 10.6 Å². The molecule has 1 aliphatic rings. The van der Waals surface area contributed by atoms with Gasteiger partial charge in [-0.15, -0.1) is 0 Å². The number of amides is 1. The molecule has 2 unspecified atom stereocenters. The zero-order valence-corrected chi connectivity index (χ0v) is 14.0. The maximum Gasteiger partial charge on any atom is 0.234 e. The van der Waals surface area contributed by atoms with Gasteiger partial charge in [0.15, 0.2) is 0 Å². The van der Waals surface area contributed by atoms with E-state index in [4.69, 9.17) is 11.6 Å². The highest BCUT2D eigenvalue weighted by Gasteiger charge is 2.37. The Morgan fingerprint density at radius 1 is 1.50 bits per heavy atom. The van der Waals surface area contributed by atoms with Gasteiger partial charge in [0.1, 0.15) is 5.82 Å². The van der Waals surface area contributed by atoms with E-state index in [2.05, 4.69) is 29.4 Å². The Labute approximate surface area is 136 Å². The zero-order chi connectivity index (χ0) is 16.3. The summed E-state index contributed by atoms with van der Waals surface area (Å²) in [6, 6.07) is 5.15. The first-order valence-electron chi connectivity index (χ1n) is 7.58. The second-order valence-electron chi connectivity index (χ2n) is 5.94. The van der Waals surface area contributed by atoms with Crippen molar-refractivity contribution < 1.29 is 9.18 Å². The van der Waals surface area contributed by atoms with Crippen molar-refractivity contribution in [3.8, 4) is 0 Å². The Morgan fingerprint density at radius 2 is 2.23 bits per heavy atom. The fourth-order valence-electron chi connectivity index (χ4n) is 3.09. The first kappa shape index (κ1) is 17.2. The van der Waals surface area contributed by atoms with Gasteiger partial charge in [0, 0.05) is 18.6 Å². The lowest BCUT2D eigenvalue weighted by Crippen LogP contribution is -2.43. The predicted octanol–water partition coefficient (Wildman–Crippen LogP) is 2.34. The molecule has 0 aliphatic carbocycles. The first-order chi connectivity index (χ1) is 10.4. The molecule has 2 atom stereocenters. The van der Waals surface area contributed by atoms with Gasteiger partial charge in [-0.3, -0.25) is 9.69 Å².